The molecule has 0 radical (unpaired) electrons. The Hall–Kier alpha value is -2.09. The van der Waals surface area contributed by atoms with Gasteiger partial charge in [-0.3, -0.25) is 4.79 Å². The lowest BCUT2D eigenvalue weighted by Gasteiger charge is -2.20. The van der Waals surface area contributed by atoms with Crippen molar-refractivity contribution < 1.29 is 17.6 Å². The average Bonchev–Trinajstić information content (AvgIpc) is 3.34. The zero-order chi connectivity index (χ0) is 20.6. The Morgan fingerprint density at radius 1 is 1.28 bits per heavy atom. The zero-order valence-corrected chi connectivity index (χ0v) is 18.2. The summed E-state index contributed by atoms with van der Waals surface area (Å²) in [4.78, 5) is 16.6. The summed E-state index contributed by atoms with van der Waals surface area (Å²) in [7, 11) is -3.48. The predicted molar refractivity (Wildman–Crippen MR) is 114 cm³/mol. The zero-order valence-electron chi connectivity index (χ0n) is 15.9. The van der Waals surface area contributed by atoms with Crippen LogP contribution in [0.2, 0.25) is 5.02 Å². The highest BCUT2D eigenvalue weighted by atomic mass is 35.5. The highest BCUT2D eigenvalue weighted by Gasteiger charge is 2.32. The van der Waals surface area contributed by atoms with Crippen molar-refractivity contribution in [2.45, 2.75) is 37.0 Å². The molecule has 1 aliphatic rings. The van der Waals surface area contributed by atoms with Crippen LogP contribution in [0.15, 0.2) is 52.0 Å². The van der Waals surface area contributed by atoms with Gasteiger partial charge in [-0.05, 0) is 42.3 Å². The van der Waals surface area contributed by atoms with E-state index >= 15 is 0 Å². The molecule has 152 valence electrons. The van der Waals surface area contributed by atoms with Gasteiger partial charge in [-0.2, -0.15) is 0 Å². The molecule has 0 fully saturated rings. The lowest BCUT2D eigenvalue weighted by molar-refractivity contribution is 0.0734. The third-order valence-corrected chi connectivity index (χ3v) is 8.02. The van der Waals surface area contributed by atoms with Crippen LogP contribution in [0, 0.1) is 0 Å². The van der Waals surface area contributed by atoms with Gasteiger partial charge in [0.2, 0.25) is 0 Å². The first-order valence-corrected chi connectivity index (χ1v) is 12.2. The molecule has 1 aliphatic heterocycles. The monoisotopic (exact) mass is 449 g/mol. The van der Waals surface area contributed by atoms with E-state index in [0.717, 1.165) is 23.5 Å². The van der Waals surface area contributed by atoms with E-state index in [4.69, 9.17) is 16.0 Å². The Morgan fingerprint density at radius 2 is 2.10 bits per heavy atom. The van der Waals surface area contributed by atoms with Crippen molar-refractivity contribution in [3.8, 4) is 10.4 Å². The van der Waals surface area contributed by atoms with Crippen molar-refractivity contribution in [2.24, 2.45) is 0 Å². The molecule has 3 aromatic rings. The molecule has 3 heterocycles. The molecule has 0 saturated heterocycles. The van der Waals surface area contributed by atoms with E-state index in [1.54, 1.807) is 35.4 Å². The minimum Gasteiger partial charge on any atom is -0.467 e. The number of fused-ring (bicyclic) bond motifs is 3. The van der Waals surface area contributed by atoms with Gasteiger partial charge in [0, 0.05) is 22.0 Å². The van der Waals surface area contributed by atoms with Gasteiger partial charge < -0.3 is 9.32 Å². The number of furan rings is 1. The normalized spacial score (nSPS) is 14.3. The Balaban J connectivity index is 1.70. The molecule has 5 nitrogen and oxygen atoms in total. The fraction of sp³-hybridized carbons (Fsp3) is 0.286. The molecule has 1 aromatic carbocycles. The number of hydrogen-bond acceptors (Lipinski definition) is 5. The molecule has 0 saturated carbocycles. The maximum atomic E-state index is 13.2. The number of halogens is 1. The highest BCUT2D eigenvalue weighted by molar-refractivity contribution is 7.91. The van der Waals surface area contributed by atoms with Crippen molar-refractivity contribution in [1.29, 1.82) is 0 Å². The van der Waals surface area contributed by atoms with E-state index in [1.807, 2.05) is 6.07 Å². The van der Waals surface area contributed by atoms with Crippen LogP contribution in [-0.2, 0) is 22.1 Å². The van der Waals surface area contributed by atoms with E-state index in [0.29, 0.717) is 34.1 Å². The number of amides is 1. The SMILES string of the molecule is CCCCN(Cc1ccco1)C(=O)c1cc2c(s1)-c1ccc(Cl)cc1S(=O)(=O)C2. The molecule has 4 rings (SSSR count). The first-order chi connectivity index (χ1) is 13.9. The molecule has 29 heavy (non-hydrogen) atoms. The molecule has 8 heteroatoms. The Morgan fingerprint density at radius 3 is 2.83 bits per heavy atom. The summed E-state index contributed by atoms with van der Waals surface area (Å²) in [5.41, 5.74) is 1.28. The second-order valence-corrected chi connectivity index (χ2v) is 10.5. The number of rotatable bonds is 6. The fourth-order valence-electron chi connectivity index (χ4n) is 3.44. The third-order valence-electron chi connectivity index (χ3n) is 4.88. The van der Waals surface area contributed by atoms with Crippen LogP contribution >= 0.6 is 22.9 Å². The second kappa shape index (κ2) is 7.97. The number of carbonyl (C=O) groups is 1. The lowest BCUT2D eigenvalue weighted by atomic mass is 10.1. The van der Waals surface area contributed by atoms with Gasteiger partial charge in [0.15, 0.2) is 9.84 Å². The van der Waals surface area contributed by atoms with Gasteiger partial charge in [-0.15, -0.1) is 11.3 Å². The summed E-state index contributed by atoms with van der Waals surface area (Å²) in [5.74, 6) is 0.493. The fourth-order valence-corrected chi connectivity index (χ4v) is 6.63. The average molecular weight is 450 g/mol. The van der Waals surface area contributed by atoms with Crippen LogP contribution in [0.25, 0.3) is 10.4 Å². The number of thiophene rings is 1. The Labute approximate surface area is 178 Å². The van der Waals surface area contributed by atoms with Gasteiger partial charge in [-0.1, -0.05) is 31.0 Å². The summed E-state index contributed by atoms with van der Waals surface area (Å²) in [6, 6.07) is 10.2. The van der Waals surface area contributed by atoms with Crippen molar-refractivity contribution >= 4 is 38.7 Å². The topological polar surface area (TPSA) is 67.6 Å². The van der Waals surface area contributed by atoms with Crippen molar-refractivity contribution in [2.75, 3.05) is 6.54 Å². The van der Waals surface area contributed by atoms with Gasteiger partial charge >= 0.3 is 0 Å². The molecular weight excluding hydrogens is 430 g/mol. The smallest absolute Gasteiger partial charge is 0.264 e. The van der Waals surface area contributed by atoms with Crippen molar-refractivity contribution in [3.63, 3.8) is 0 Å². The van der Waals surface area contributed by atoms with E-state index in [9.17, 15) is 13.2 Å². The summed E-state index contributed by atoms with van der Waals surface area (Å²) in [5, 5.41) is 0.382. The van der Waals surface area contributed by atoms with Gasteiger partial charge in [-0.25, -0.2) is 8.42 Å². The molecule has 0 unspecified atom stereocenters. The number of hydrogen-bond donors (Lipinski definition) is 0. The van der Waals surface area contributed by atoms with E-state index in [-0.39, 0.29) is 16.6 Å². The summed E-state index contributed by atoms with van der Waals surface area (Å²) in [6.07, 6.45) is 3.44. The quantitative estimate of drug-likeness (QED) is 0.505. The standard InChI is InChI=1S/C21H20ClNO4S2/c1-2-3-8-23(12-16-5-4-9-27-16)21(24)18-10-14-13-29(25,26)19-11-15(22)6-7-17(19)20(14)28-18/h4-7,9-11H,2-3,8,12-13H2,1H3. The molecule has 0 atom stereocenters. The van der Waals surface area contributed by atoms with Crippen LogP contribution in [-0.4, -0.2) is 25.8 Å². The Bertz CT molecular complexity index is 1150. The largest absolute Gasteiger partial charge is 0.467 e. The maximum Gasteiger partial charge on any atom is 0.264 e. The van der Waals surface area contributed by atoms with Crippen molar-refractivity contribution in [1.82, 2.24) is 4.90 Å². The molecule has 2 aromatic heterocycles. The summed E-state index contributed by atoms with van der Waals surface area (Å²) in [6.45, 7) is 3.08. The van der Waals surface area contributed by atoms with Crippen LogP contribution in [0.1, 0.15) is 40.8 Å². The van der Waals surface area contributed by atoms with Gasteiger partial charge in [0.1, 0.15) is 5.76 Å². The maximum absolute atomic E-state index is 13.2. The summed E-state index contributed by atoms with van der Waals surface area (Å²) < 4.78 is 30.8. The number of benzene rings is 1. The van der Waals surface area contributed by atoms with Gasteiger partial charge in [0.25, 0.3) is 5.91 Å². The minimum absolute atomic E-state index is 0.109. The predicted octanol–water partition coefficient (Wildman–Crippen LogP) is 5.39. The van der Waals surface area contributed by atoms with Crippen LogP contribution in [0.5, 0.6) is 0 Å². The molecule has 0 spiro atoms. The third kappa shape index (κ3) is 3.99. The molecule has 0 bridgehead atoms. The number of sulfone groups is 1. The Kier molecular flexibility index (Phi) is 5.55. The van der Waals surface area contributed by atoms with E-state index < -0.39 is 9.84 Å². The van der Waals surface area contributed by atoms with E-state index in [1.165, 1.54) is 17.4 Å². The second-order valence-electron chi connectivity index (χ2n) is 7.02. The molecule has 0 aliphatic carbocycles. The van der Waals surface area contributed by atoms with Crippen LogP contribution < -0.4 is 0 Å². The van der Waals surface area contributed by atoms with Crippen molar-refractivity contribution in [3.05, 3.63) is 63.9 Å². The van der Waals surface area contributed by atoms with Crippen LogP contribution in [0.4, 0.5) is 0 Å². The minimum atomic E-state index is -3.48. The molecule has 1 amide bonds. The number of nitrogens with zero attached hydrogens (tertiary/aromatic N) is 1. The number of unbranched alkanes of at least 4 members (excludes halogenated alkanes) is 1. The molecular formula is C21H20ClNO4S2. The number of carbonyl (C=O) groups excluding carboxylic acids is 1. The first kappa shape index (κ1) is 20.2. The molecule has 0 N–H and O–H groups in total. The highest BCUT2D eigenvalue weighted by Crippen LogP contribution is 2.43. The van der Waals surface area contributed by atoms with E-state index in [2.05, 4.69) is 6.92 Å². The summed E-state index contributed by atoms with van der Waals surface area (Å²) >= 11 is 7.35. The lowest BCUT2D eigenvalue weighted by Crippen LogP contribution is -2.30. The van der Waals surface area contributed by atoms with Crippen LogP contribution in [0.3, 0.4) is 0 Å². The van der Waals surface area contributed by atoms with Gasteiger partial charge in [0.05, 0.1) is 28.3 Å². The first-order valence-electron chi connectivity index (χ1n) is 9.36.